The number of rotatable bonds is 4. The minimum absolute atomic E-state index is 0. The van der Waals surface area contributed by atoms with Crippen LogP contribution >= 0.6 is 0 Å². The van der Waals surface area contributed by atoms with Crippen molar-refractivity contribution in [1.29, 1.82) is 0 Å². The fourth-order valence-corrected chi connectivity index (χ4v) is 4.88. The second-order valence-electron chi connectivity index (χ2n) is 10.6. The molecule has 0 amide bonds. The first-order chi connectivity index (χ1) is 18.9. The molecule has 7 rings (SSSR count). The molecule has 0 aliphatic rings. The second kappa shape index (κ2) is 10.0. The van der Waals surface area contributed by atoms with Crippen LogP contribution in [0.4, 0.5) is 0 Å². The molecule has 40 heavy (non-hydrogen) atoms. The van der Waals surface area contributed by atoms with Crippen LogP contribution in [0.3, 0.4) is 0 Å². The summed E-state index contributed by atoms with van der Waals surface area (Å²) < 4.78 is 10.2. The van der Waals surface area contributed by atoms with Crippen molar-refractivity contribution in [3.63, 3.8) is 0 Å². The Morgan fingerprint density at radius 1 is 0.875 bits per heavy atom. The zero-order chi connectivity index (χ0) is 26.6. The third-order valence-electron chi connectivity index (χ3n) is 6.87. The van der Waals surface area contributed by atoms with Crippen LogP contribution in [0, 0.1) is 12.3 Å². The first-order valence-corrected chi connectivity index (χ1v) is 12.9. The fraction of sp³-hybridized carbons (Fsp3) is 0.121. The van der Waals surface area contributed by atoms with E-state index in [1.54, 1.807) is 4.57 Å². The van der Waals surface area contributed by atoms with Crippen LogP contribution in [-0.4, -0.2) is 14.5 Å². The molecule has 0 N–H and O–H groups in total. The molecule has 200 valence electrons. The van der Waals surface area contributed by atoms with Crippen LogP contribution in [-0.2, 0) is 26.5 Å². The Morgan fingerprint density at radius 3 is 2.55 bits per heavy atom. The van der Waals surface area contributed by atoms with Gasteiger partial charge in [-0.05, 0) is 52.9 Å². The van der Waals surface area contributed by atoms with E-state index in [-0.39, 0.29) is 26.5 Å². The van der Waals surface area contributed by atoms with Crippen molar-refractivity contribution < 1.29 is 30.4 Å². The summed E-state index contributed by atoms with van der Waals surface area (Å²) in [5, 5.41) is 2.23. The Hall–Kier alpha value is -4.28. The quantitative estimate of drug-likeness (QED) is 0.152. The summed E-state index contributed by atoms with van der Waals surface area (Å²) in [6.07, 6.45) is 6.98. The standard InChI is InChI=1S/C33H25N5O.Pt/c1-33(2,3)22-16-17-34-31(19-22)38-29-13-7-4-10-25(29)26-15-14-23(20-30(26)38)39-24-9-8-18-37(21-24)32-35-27-11-5-6-12-28(27)36-32;/h4-19H,1-3H3;/q-2;. The maximum Gasteiger partial charge on any atom is 0.150 e. The number of aromatic nitrogens is 5. The van der Waals surface area contributed by atoms with Crippen LogP contribution in [0.2, 0.25) is 0 Å². The van der Waals surface area contributed by atoms with Gasteiger partial charge < -0.3 is 13.9 Å². The molecule has 6 nitrogen and oxygen atoms in total. The van der Waals surface area contributed by atoms with Gasteiger partial charge in [-0.1, -0.05) is 68.9 Å². The number of para-hydroxylation sites is 3. The van der Waals surface area contributed by atoms with Gasteiger partial charge in [-0.25, -0.2) is 4.98 Å². The molecule has 3 aromatic carbocycles. The third kappa shape index (κ3) is 4.59. The van der Waals surface area contributed by atoms with Gasteiger partial charge in [-0.3, -0.25) is 9.97 Å². The first kappa shape index (κ1) is 26.0. The van der Waals surface area contributed by atoms with Gasteiger partial charge in [0.15, 0.2) is 0 Å². The van der Waals surface area contributed by atoms with Crippen molar-refractivity contribution in [2.75, 3.05) is 0 Å². The molecule has 4 heterocycles. The average molecular weight is 703 g/mol. The summed E-state index contributed by atoms with van der Waals surface area (Å²) in [5.74, 6) is 2.52. The topological polar surface area (TPSA) is 57.9 Å². The summed E-state index contributed by atoms with van der Waals surface area (Å²) in [7, 11) is 0. The number of ether oxygens (including phenoxy) is 1. The van der Waals surface area contributed by atoms with Gasteiger partial charge in [-0.2, -0.15) is 6.07 Å². The molecule has 0 aliphatic heterocycles. The van der Waals surface area contributed by atoms with E-state index < -0.39 is 0 Å². The molecule has 7 aromatic rings. The van der Waals surface area contributed by atoms with Crippen LogP contribution in [0.1, 0.15) is 26.3 Å². The van der Waals surface area contributed by atoms with Gasteiger partial charge in [-0.15, -0.1) is 23.6 Å². The fourth-order valence-electron chi connectivity index (χ4n) is 4.88. The average Bonchev–Trinajstić information content (AvgIpc) is 3.52. The van der Waals surface area contributed by atoms with E-state index in [4.69, 9.17) is 9.72 Å². The Kier molecular flexibility index (Phi) is 6.51. The van der Waals surface area contributed by atoms with E-state index in [1.807, 2.05) is 54.9 Å². The number of benzene rings is 3. The summed E-state index contributed by atoms with van der Waals surface area (Å²) in [4.78, 5) is 14.0. The Bertz CT molecular complexity index is 1970. The van der Waals surface area contributed by atoms with Crippen molar-refractivity contribution in [1.82, 2.24) is 19.5 Å². The summed E-state index contributed by atoms with van der Waals surface area (Å²) in [6.45, 7) is 6.63. The molecule has 0 aliphatic carbocycles. The maximum atomic E-state index is 6.27. The molecular weight excluding hydrogens is 677 g/mol. The first-order valence-electron chi connectivity index (χ1n) is 12.9. The van der Waals surface area contributed by atoms with Crippen LogP contribution in [0.25, 0.3) is 44.6 Å². The third-order valence-corrected chi connectivity index (χ3v) is 6.87. The molecule has 0 radical (unpaired) electrons. The molecule has 4 aromatic heterocycles. The molecule has 0 atom stereocenters. The molecule has 0 fully saturated rings. The van der Waals surface area contributed by atoms with E-state index in [0.717, 1.165) is 38.7 Å². The molecule has 0 saturated heterocycles. The molecule has 0 unspecified atom stereocenters. The van der Waals surface area contributed by atoms with Crippen molar-refractivity contribution in [2.45, 2.75) is 26.2 Å². The van der Waals surface area contributed by atoms with Crippen molar-refractivity contribution in [2.24, 2.45) is 0 Å². The van der Waals surface area contributed by atoms with Crippen LogP contribution in [0.5, 0.6) is 11.5 Å². The molecule has 0 saturated carbocycles. The second-order valence-corrected chi connectivity index (χ2v) is 10.6. The van der Waals surface area contributed by atoms with E-state index in [0.29, 0.717) is 17.4 Å². The SMILES string of the molecule is CC(C)(C)c1ccnc(-n2c3[c-]c(Oc4[c-][n+](-c5nc6ccccc6[n-]5)ccc4)ccc3c3ccccc32)c1.[Pt]. The maximum absolute atomic E-state index is 6.27. The smallest absolute Gasteiger partial charge is 0.150 e. The van der Waals surface area contributed by atoms with Crippen molar-refractivity contribution in [3.05, 3.63) is 115 Å². The minimum atomic E-state index is 0. The normalized spacial score (nSPS) is 11.7. The number of hydrogen-bond donors (Lipinski definition) is 0. The van der Waals surface area contributed by atoms with Gasteiger partial charge in [0.1, 0.15) is 11.8 Å². The number of imidazole rings is 1. The summed E-state index contributed by atoms with van der Waals surface area (Å²) >= 11 is 0. The predicted octanol–water partition coefficient (Wildman–Crippen LogP) is 6.65. The van der Waals surface area contributed by atoms with Gasteiger partial charge in [0.05, 0.1) is 16.8 Å². The molecule has 0 bridgehead atoms. The van der Waals surface area contributed by atoms with Gasteiger partial charge in [0.2, 0.25) is 0 Å². The van der Waals surface area contributed by atoms with E-state index in [1.165, 1.54) is 5.56 Å². The van der Waals surface area contributed by atoms with E-state index in [2.05, 4.69) is 90.0 Å². The van der Waals surface area contributed by atoms with Crippen molar-refractivity contribution >= 4 is 32.8 Å². The largest absolute Gasteiger partial charge is 0.501 e. The molecule has 0 spiro atoms. The minimum Gasteiger partial charge on any atom is -0.501 e. The number of hydrogen-bond acceptors (Lipinski definition) is 3. The zero-order valence-corrected chi connectivity index (χ0v) is 24.5. The summed E-state index contributed by atoms with van der Waals surface area (Å²) in [6, 6.07) is 31.7. The van der Waals surface area contributed by atoms with Crippen molar-refractivity contribution in [3.8, 4) is 23.3 Å². The van der Waals surface area contributed by atoms with Gasteiger partial charge in [0.25, 0.3) is 0 Å². The predicted molar refractivity (Wildman–Crippen MR) is 152 cm³/mol. The Morgan fingerprint density at radius 2 is 1.70 bits per heavy atom. The monoisotopic (exact) mass is 702 g/mol. The zero-order valence-electron chi connectivity index (χ0n) is 22.2. The molecule has 7 heteroatoms. The number of fused-ring (bicyclic) bond motifs is 4. The van der Waals surface area contributed by atoms with Crippen LogP contribution < -0.4 is 14.3 Å². The van der Waals surface area contributed by atoms with E-state index >= 15 is 0 Å². The Labute approximate surface area is 246 Å². The molecular formula is C33H25N5OPt-2. The Balaban J connectivity index is 0.00000289. The number of nitrogens with zero attached hydrogens (tertiary/aromatic N) is 5. The van der Waals surface area contributed by atoms with E-state index in [9.17, 15) is 0 Å². The van der Waals surface area contributed by atoms with Crippen LogP contribution in [0.15, 0.2) is 97.3 Å². The number of pyridine rings is 2. The van der Waals surface area contributed by atoms with Gasteiger partial charge in [0, 0.05) is 38.5 Å². The van der Waals surface area contributed by atoms with Gasteiger partial charge >= 0.3 is 0 Å². The summed E-state index contributed by atoms with van der Waals surface area (Å²) in [5.41, 5.74) is 4.89.